The molecule has 0 amide bonds. The molecule has 0 bridgehead atoms. The zero-order valence-corrected chi connectivity index (χ0v) is 23.0. The van der Waals surface area contributed by atoms with Crippen molar-refractivity contribution in [2.75, 3.05) is 0 Å². The first-order valence-corrected chi connectivity index (χ1v) is 14.4. The van der Waals surface area contributed by atoms with Gasteiger partial charge in [0, 0.05) is 16.5 Å². The van der Waals surface area contributed by atoms with E-state index in [4.69, 9.17) is 11.3 Å². The van der Waals surface area contributed by atoms with Crippen LogP contribution in [0.2, 0.25) is 0 Å². The van der Waals surface area contributed by atoms with Gasteiger partial charge in [-0.2, -0.15) is 0 Å². The lowest BCUT2D eigenvalue weighted by atomic mass is 9.87. The number of para-hydroxylation sites is 1. The summed E-state index contributed by atoms with van der Waals surface area (Å²) < 4.78 is 48.3. The minimum atomic E-state index is -0.389. The van der Waals surface area contributed by atoms with Crippen LogP contribution in [0.25, 0.3) is 88.0 Å². The molecule has 1 heterocycles. The number of hydrogen-bond donors (Lipinski definition) is 0. The molecule has 0 saturated heterocycles. The largest absolute Gasteiger partial charge is 0.455 e. The van der Waals surface area contributed by atoms with Gasteiger partial charge in [-0.3, -0.25) is 0 Å². The minimum absolute atomic E-state index is 0.197. The maximum absolute atomic E-state index is 8.65. The Morgan fingerprint density at radius 1 is 0.419 bits per heavy atom. The summed E-state index contributed by atoms with van der Waals surface area (Å²) in [4.78, 5) is 0. The molecule has 0 aliphatic heterocycles. The molecule has 9 aromatic rings. The van der Waals surface area contributed by atoms with Gasteiger partial charge in [-0.1, -0.05) is 152 Å². The fourth-order valence-corrected chi connectivity index (χ4v) is 6.60. The molecule has 200 valence electrons. The lowest BCUT2D eigenvalue weighted by Gasteiger charge is -2.16. The summed E-state index contributed by atoms with van der Waals surface area (Å²) in [5, 5.41) is 7.25. The van der Waals surface area contributed by atoms with Gasteiger partial charge in [0.2, 0.25) is 0 Å². The van der Waals surface area contributed by atoms with Gasteiger partial charge in [0.1, 0.15) is 11.3 Å². The minimum Gasteiger partial charge on any atom is -0.455 e. The topological polar surface area (TPSA) is 13.1 Å². The van der Waals surface area contributed by atoms with Crippen LogP contribution >= 0.6 is 0 Å². The summed E-state index contributed by atoms with van der Waals surface area (Å²) in [7, 11) is 0. The van der Waals surface area contributed by atoms with E-state index >= 15 is 0 Å². The van der Waals surface area contributed by atoms with Crippen molar-refractivity contribution in [3.63, 3.8) is 0 Å². The van der Waals surface area contributed by atoms with Crippen LogP contribution in [0.5, 0.6) is 0 Å². The smallest absolute Gasteiger partial charge is 0.143 e. The van der Waals surface area contributed by atoms with Crippen molar-refractivity contribution in [1.29, 1.82) is 0 Å². The second-order valence-electron chi connectivity index (χ2n) is 10.9. The van der Waals surface area contributed by atoms with Gasteiger partial charge >= 0.3 is 0 Å². The number of benzene rings is 8. The van der Waals surface area contributed by atoms with Crippen molar-refractivity contribution in [3.8, 4) is 44.7 Å². The average Bonchev–Trinajstić information content (AvgIpc) is 3.53. The maximum Gasteiger partial charge on any atom is 0.143 e. The third kappa shape index (κ3) is 3.72. The van der Waals surface area contributed by atoms with Crippen LogP contribution in [0.15, 0.2) is 162 Å². The first-order chi connectivity index (χ1) is 23.4. The Hall–Kier alpha value is -5.66. The predicted octanol–water partition coefficient (Wildman–Crippen LogP) is 12.0. The highest BCUT2D eigenvalue weighted by atomic mass is 16.3. The van der Waals surface area contributed by atoms with Crippen LogP contribution in [0.3, 0.4) is 0 Å². The standard InChI is InChI=1S/C42H26O/c1-3-9-27(10-4-1)33-23-19-29-22-26-36-34(24-20-30-21-25-35(33)39(29)40(30)36)28-15-17-31(18-16-28)41-37-13-7-8-14-38(37)43-42(41)32-11-5-2-6-12-32/h1-26H/i1D,3D,4D,9D,10D. The third-order valence-corrected chi connectivity index (χ3v) is 8.55. The molecule has 1 nitrogen and oxygen atoms in total. The summed E-state index contributed by atoms with van der Waals surface area (Å²) in [6.07, 6.45) is 0. The maximum atomic E-state index is 8.65. The molecule has 9 rings (SSSR count). The Morgan fingerprint density at radius 2 is 1.00 bits per heavy atom. The van der Waals surface area contributed by atoms with Crippen molar-refractivity contribution in [2.45, 2.75) is 0 Å². The van der Waals surface area contributed by atoms with Gasteiger partial charge in [0.25, 0.3) is 0 Å². The Bertz CT molecular complexity index is 2680. The third-order valence-electron chi connectivity index (χ3n) is 8.55. The molecule has 0 spiro atoms. The summed E-state index contributed by atoms with van der Waals surface area (Å²) in [5.74, 6) is 0.849. The van der Waals surface area contributed by atoms with Crippen molar-refractivity contribution in [3.05, 3.63) is 158 Å². The van der Waals surface area contributed by atoms with E-state index in [1.807, 2.05) is 54.6 Å². The fraction of sp³-hybridized carbons (Fsp3) is 0. The molecule has 0 unspecified atom stereocenters. The summed E-state index contributed by atoms with van der Waals surface area (Å²) >= 11 is 0. The quantitative estimate of drug-likeness (QED) is 0.198. The normalized spacial score (nSPS) is 13.3. The number of fused-ring (bicyclic) bond motifs is 1. The van der Waals surface area contributed by atoms with E-state index in [9.17, 15) is 0 Å². The highest BCUT2D eigenvalue weighted by molar-refractivity contribution is 6.27. The van der Waals surface area contributed by atoms with Crippen molar-refractivity contribution < 1.29 is 11.3 Å². The van der Waals surface area contributed by atoms with E-state index in [1.165, 1.54) is 0 Å². The van der Waals surface area contributed by atoms with Gasteiger partial charge in [-0.05, 0) is 66.2 Å². The molecule has 1 aromatic heterocycles. The van der Waals surface area contributed by atoms with Gasteiger partial charge in [-0.15, -0.1) is 0 Å². The summed E-state index contributed by atoms with van der Waals surface area (Å²) in [6.45, 7) is 0. The lowest BCUT2D eigenvalue weighted by molar-refractivity contribution is 0.632. The highest BCUT2D eigenvalue weighted by Gasteiger charge is 2.18. The van der Waals surface area contributed by atoms with E-state index in [2.05, 4.69) is 72.8 Å². The molecule has 0 atom stereocenters. The Kier molecular flexibility index (Phi) is 4.27. The second-order valence-corrected chi connectivity index (χ2v) is 10.9. The molecule has 43 heavy (non-hydrogen) atoms. The van der Waals surface area contributed by atoms with Crippen LogP contribution in [0.1, 0.15) is 6.85 Å². The number of furan rings is 1. The molecule has 0 saturated carbocycles. The Morgan fingerprint density at radius 3 is 1.70 bits per heavy atom. The number of rotatable bonds is 4. The molecule has 8 aromatic carbocycles. The predicted molar refractivity (Wildman–Crippen MR) is 182 cm³/mol. The van der Waals surface area contributed by atoms with Crippen LogP contribution < -0.4 is 0 Å². The summed E-state index contributed by atoms with van der Waals surface area (Å²) in [6, 6.07) is 42.0. The molecule has 0 aliphatic carbocycles. The fourth-order valence-electron chi connectivity index (χ4n) is 6.60. The molecule has 0 fully saturated rings. The monoisotopic (exact) mass is 551 g/mol. The second kappa shape index (κ2) is 9.44. The zero-order chi connectivity index (χ0) is 32.7. The van der Waals surface area contributed by atoms with E-state index in [0.29, 0.717) is 5.56 Å². The van der Waals surface area contributed by atoms with E-state index < -0.39 is 0 Å². The Balaban J connectivity index is 1.22. The van der Waals surface area contributed by atoms with Crippen molar-refractivity contribution >= 4 is 43.3 Å². The number of hydrogen-bond acceptors (Lipinski definition) is 1. The molecule has 0 aliphatic rings. The Labute approximate surface area is 256 Å². The van der Waals surface area contributed by atoms with E-state index in [-0.39, 0.29) is 35.8 Å². The van der Waals surface area contributed by atoms with E-state index in [0.717, 1.165) is 76.9 Å². The highest BCUT2D eigenvalue weighted by Crippen LogP contribution is 2.44. The van der Waals surface area contributed by atoms with Crippen LogP contribution in [0, 0.1) is 0 Å². The first-order valence-electron chi connectivity index (χ1n) is 16.9. The molecule has 0 radical (unpaired) electrons. The van der Waals surface area contributed by atoms with Crippen LogP contribution in [-0.2, 0) is 0 Å². The SMILES string of the molecule is [2H]c1c([2H])c([2H])c(-c2ccc3ccc4c(-c5ccc(-c6c(-c7ccccc7)oc7ccccc67)cc5)ccc5ccc2c3c54)c([2H])c1[2H]. The van der Waals surface area contributed by atoms with Crippen LogP contribution in [-0.4, -0.2) is 0 Å². The molecular weight excluding hydrogens is 520 g/mol. The van der Waals surface area contributed by atoms with Gasteiger partial charge in [-0.25, -0.2) is 0 Å². The van der Waals surface area contributed by atoms with Gasteiger partial charge in [0.05, 0.1) is 6.85 Å². The summed E-state index contributed by atoms with van der Waals surface area (Å²) in [5.41, 5.74) is 7.05. The van der Waals surface area contributed by atoms with Gasteiger partial charge in [0.15, 0.2) is 0 Å². The lowest BCUT2D eigenvalue weighted by Crippen LogP contribution is -1.89. The van der Waals surface area contributed by atoms with Crippen molar-refractivity contribution in [1.82, 2.24) is 0 Å². The zero-order valence-electron chi connectivity index (χ0n) is 28.0. The molecular formula is C42H26O. The molecule has 1 heteroatoms. The first kappa shape index (κ1) is 19.5. The molecule has 0 N–H and O–H groups in total. The van der Waals surface area contributed by atoms with E-state index in [1.54, 1.807) is 0 Å². The van der Waals surface area contributed by atoms with Gasteiger partial charge < -0.3 is 4.42 Å². The van der Waals surface area contributed by atoms with Crippen molar-refractivity contribution in [2.24, 2.45) is 0 Å². The van der Waals surface area contributed by atoms with Crippen LogP contribution in [0.4, 0.5) is 0 Å². The average molecular weight is 552 g/mol.